The van der Waals surface area contributed by atoms with E-state index in [0.29, 0.717) is 17.2 Å². The molecule has 152 valence electrons. The Morgan fingerprint density at radius 3 is 1.86 bits per heavy atom. The van der Waals surface area contributed by atoms with Gasteiger partial charge in [0, 0.05) is 11.3 Å². The summed E-state index contributed by atoms with van der Waals surface area (Å²) < 4.78 is 52.6. The molecule has 0 saturated heterocycles. The van der Waals surface area contributed by atoms with E-state index in [2.05, 4.69) is 25.7 Å². The van der Waals surface area contributed by atoms with Crippen LogP contribution in [0.25, 0.3) is 11.1 Å². The van der Waals surface area contributed by atoms with Gasteiger partial charge in [0.05, 0.1) is 17.3 Å². The lowest BCUT2D eigenvalue weighted by Crippen LogP contribution is -2.16. The standard InChI is InChI=1S/C21H17BrF3NO3/c1-12-18(20(27-3)19(22)13(2)26-12)14-4-6-15(7-5-14)28-16-8-10-17(11-9-16)29-21(23,24)25/h4-11H,1-3H3. The van der Waals surface area contributed by atoms with E-state index in [1.165, 1.54) is 24.3 Å². The zero-order chi connectivity index (χ0) is 21.2. The van der Waals surface area contributed by atoms with Crippen LogP contribution in [0.15, 0.2) is 53.0 Å². The second-order valence-corrected chi connectivity index (χ2v) is 6.94. The molecule has 0 fully saturated rings. The summed E-state index contributed by atoms with van der Waals surface area (Å²) in [5.41, 5.74) is 3.43. The number of halogens is 4. The van der Waals surface area contributed by atoms with Crippen molar-refractivity contribution in [3.63, 3.8) is 0 Å². The van der Waals surface area contributed by atoms with Crippen molar-refractivity contribution in [2.45, 2.75) is 20.2 Å². The van der Waals surface area contributed by atoms with Crippen LogP contribution in [0.4, 0.5) is 13.2 Å². The normalized spacial score (nSPS) is 11.3. The van der Waals surface area contributed by atoms with Crippen LogP contribution in [-0.2, 0) is 0 Å². The summed E-state index contributed by atoms with van der Waals surface area (Å²) in [4.78, 5) is 4.53. The van der Waals surface area contributed by atoms with Crippen molar-refractivity contribution in [1.82, 2.24) is 4.98 Å². The van der Waals surface area contributed by atoms with E-state index in [0.717, 1.165) is 27.0 Å². The van der Waals surface area contributed by atoms with Gasteiger partial charge in [0.1, 0.15) is 23.0 Å². The lowest BCUT2D eigenvalue weighted by atomic mass is 10.0. The highest BCUT2D eigenvalue weighted by Crippen LogP contribution is 2.40. The number of nitrogens with zero attached hydrogens (tertiary/aromatic N) is 1. The van der Waals surface area contributed by atoms with Crippen LogP contribution in [-0.4, -0.2) is 18.5 Å². The summed E-state index contributed by atoms with van der Waals surface area (Å²) in [7, 11) is 1.60. The van der Waals surface area contributed by atoms with Gasteiger partial charge in [0.25, 0.3) is 0 Å². The average molecular weight is 468 g/mol. The van der Waals surface area contributed by atoms with Crippen molar-refractivity contribution in [1.29, 1.82) is 0 Å². The first kappa shape index (κ1) is 21.0. The molecule has 8 heteroatoms. The Morgan fingerprint density at radius 1 is 0.828 bits per heavy atom. The van der Waals surface area contributed by atoms with Crippen LogP contribution in [0.1, 0.15) is 11.4 Å². The highest BCUT2D eigenvalue weighted by Gasteiger charge is 2.31. The molecule has 0 spiro atoms. The fraction of sp³-hybridized carbons (Fsp3) is 0.190. The van der Waals surface area contributed by atoms with Gasteiger partial charge in [-0.3, -0.25) is 4.98 Å². The molecule has 0 aliphatic rings. The molecule has 3 rings (SSSR count). The predicted octanol–water partition coefficient (Wildman–Crippen LogP) is 6.83. The van der Waals surface area contributed by atoms with Crippen LogP contribution >= 0.6 is 15.9 Å². The smallest absolute Gasteiger partial charge is 0.495 e. The predicted molar refractivity (Wildman–Crippen MR) is 107 cm³/mol. The van der Waals surface area contributed by atoms with Gasteiger partial charge in [-0.15, -0.1) is 13.2 Å². The number of pyridine rings is 1. The molecule has 3 aromatic rings. The summed E-state index contributed by atoms with van der Waals surface area (Å²) in [6, 6.07) is 12.5. The molecular formula is C21H17BrF3NO3. The minimum Gasteiger partial charge on any atom is -0.495 e. The van der Waals surface area contributed by atoms with E-state index < -0.39 is 6.36 Å². The zero-order valence-corrected chi connectivity index (χ0v) is 17.4. The van der Waals surface area contributed by atoms with Crippen molar-refractivity contribution in [2.75, 3.05) is 7.11 Å². The van der Waals surface area contributed by atoms with Crippen molar-refractivity contribution in [3.05, 3.63) is 64.4 Å². The number of rotatable bonds is 5. The molecule has 0 saturated carbocycles. The molecule has 0 unspecified atom stereocenters. The van der Waals surface area contributed by atoms with E-state index in [4.69, 9.17) is 9.47 Å². The third-order valence-electron chi connectivity index (χ3n) is 4.08. The minimum absolute atomic E-state index is 0.305. The van der Waals surface area contributed by atoms with E-state index in [1.807, 2.05) is 26.0 Å². The second kappa shape index (κ2) is 8.32. The van der Waals surface area contributed by atoms with E-state index in [1.54, 1.807) is 19.2 Å². The third kappa shape index (κ3) is 5.00. The number of hydrogen-bond acceptors (Lipinski definition) is 4. The number of alkyl halides is 3. The minimum atomic E-state index is -4.72. The maximum atomic E-state index is 12.2. The second-order valence-electron chi connectivity index (χ2n) is 6.15. The van der Waals surface area contributed by atoms with Crippen LogP contribution in [0.3, 0.4) is 0 Å². The molecule has 1 heterocycles. The molecule has 0 aliphatic carbocycles. The maximum Gasteiger partial charge on any atom is 0.573 e. The fourth-order valence-corrected chi connectivity index (χ4v) is 3.31. The summed E-state index contributed by atoms with van der Waals surface area (Å²) in [6.45, 7) is 3.80. The quantitative estimate of drug-likeness (QED) is 0.412. The van der Waals surface area contributed by atoms with Gasteiger partial charge >= 0.3 is 6.36 Å². The van der Waals surface area contributed by atoms with Crippen molar-refractivity contribution < 1.29 is 27.4 Å². The van der Waals surface area contributed by atoms with E-state index >= 15 is 0 Å². The fourth-order valence-electron chi connectivity index (χ4n) is 2.86. The monoisotopic (exact) mass is 467 g/mol. The average Bonchev–Trinajstić information content (AvgIpc) is 2.66. The highest BCUT2D eigenvalue weighted by atomic mass is 79.9. The lowest BCUT2D eigenvalue weighted by Gasteiger charge is -2.15. The van der Waals surface area contributed by atoms with Gasteiger partial charge in [0.2, 0.25) is 0 Å². The van der Waals surface area contributed by atoms with Crippen LogP contribution < -0.4 is 14.2 Å². The zero-order valence-electron chi connectivity index (χ0n) is 15.8. The maximum absolute atomic E-state index is 12.2. The number of ether oxygens (including phenoxy) is 3. The lowest BCUT2D eigenvalue weighted by molar-refractivity contribution is -0.274. The molecule has 0 amide bonds. The molecule has 1 aromatic heterocycles. The first-order valence-electron chi connectivity index (χ1n) is 8.52. The molecular weight excluding hydrogens is 451 g/mol. The highest BCUT2D eigenvalue weighted by molar-refractivity contribution is 9.10. The Kier molecular flexibility index (Phi) is 6.02. The molecule has 0 bridgehead atoms. The molecule has 0 atom stereocenters. The Labute approximate surface area is 174 Å². The van der Waals surface area contributed by atoms with Gasteiger partial charge in [-0.05, 0) is 71.7 Å². The van der Waals surface area contributed by atoms with Crippen molar-refractivity contribution >= 4 is 15.9 Å². The SMILES string of the molecule is COc1c(Br)c(C)nc(C)c1-c1ccc(Oc2ccc(OC(F)(F)F)cc2)cc1. The molecule has 0 N–H and O–H groups in total. The topological polar surface area (TPSA) is 40.6 Å². The molecule has 2 aromatic carbocycles. The molecule has 29 heavy (non-hydrogen) atoms. The van der Waals surface area contributed by atoms with Crippen LogP contribution in [0.5, 0.6) is 23.0 Å². The Morgan fingerprint density at radius 2 is 1.34 bits per heavy atom. The first-order valence-corrected chi connectivity index (χ1v) is 9.32. The van der Waals surface area contributed by atoms with E-state index in [9.17, 15) is 13.2 Å². The number of hydrogen-bond donors (Lipinski definition) is 0. The number of aromatic nitrogens is 1. The van der Waals surface area contributed by atoms with Crippen molar-refractivity contribution in [2.24, 2.45) is 0 Å². The van der Waals surface area contributed by atoms with Gasteiger partial charge < -0.3 is 14.2 Å². The Hall–Kier alpha value is -2.74. The number of methoxy groups -OCH3 is 1. The van der Waals surface area contributed by atoms with Gasteiger partial charge in [-0.25, -0.2) is 0 Å². The van der Waals surface area contributed by atoms with Gasteiger partial charge in [0.15, 0.2) is 0 Å². The Balaban J connectivity index is 1.81. The summed E-state index contributed by atoms with van der Waals surface area (Å²) in [5.74, 6) is 1.32. The molecule has 4 nitrogen and oxygen atoms in total. The summed E-state index contributed by atoms with van der Waals surface area (Å²) >= 11 is 3.51. The molecule has 0 radical (unpaired) electrons. The first-order chi connectivity index (χ1) is 13.7. The molecule has 0 aliphatic heterocycles. The van der Waals surface area contributed by atoms with E-state index in [-0.39, 0.29) is 5.75 Å². The summed E-state index contributed by atoms with van der Waals surface area (Å²) in [5, 5.41) is 0. The van der Waals surface area contributed by atoms with Gasteiger partial charge in [-0.1, -0.05) is 12.1 Å². The van der Waals surface area contributed by atoms with Crippen molar-refractivity contribution in [3.8, 4) is 34.1 Å². The van der Waals surface area contributed by atoms with Crippen LogP contribution in [0.2, 0.25) is 0 Å². The van der Waals surface area contributed by atoms with Crippen LogP contribution in [0, 0.1) is 13.8 Å². The number of aryl methyl sites for hydroxylation is 2. The largest absolute Gasteiger partial charge is 0.573 e. The number of benzene rings is 2. The third-order valence-corrected chi connectivity index (χ3v) is 5.02. The Bertz CT molecular complexity index is 1000. The summed E-state index contributed by atoms with van der Waals surface area (Å²) in [6.07, 6.45) is -4.72. The van der Waals surface area contributed by atoms with Gasteiger partial charge in [-0.2, -0.15) is 0 Å².